The molecule has 0 saturated heterocycles. The summed E-state index contributed by atoms with van der Waals surface area (Å²) in [6, 6.07) is 26.5. The first-order valence-corrected chi connectivity index (χ1v) is 9.28. The van der Waals surface area contributed by atoms with E-state index in [1.807, 2.05) is 91.9 Å². The number of carbonyl (C=O) groups is 1. The van der Waals surface area contributed by atoms with Gasteiger partial charge in [0, 0.05) is 17.2 Å². The second-order valence-corrected chi connectivity index (χ2v) is 6.87. The molecule has 0 atom stereocenters. The van der Waals surface area contributed by atoms with Crippen LogP contribution in [-0.4, -0.2) is 15.7 Å². The predicted octanol–water partition coefficient (Wildman–Crippen LogP) is 5.75. The average Bonchev–Trinajstić information content (AvgIpc) is 3.13. The predicted molar refractivity (Wildman–Crippen MR) is 113 cm³/mol. The van der Waals surface area contributed by atoms with Crippen molar-refractivity contribution in [2.75, 3.05) is 5.32 Å². The molecule has 1 N–H and O–H groups in total. The standard InChI is InChI=1S/C23H18ClN3O/c1-16-11-13-17(14-12-16)23(28)25-22-15-21(19-9-5-6-10-20(19)24)26-27(22)18-7-3-2-4-8-18/h2-15H,1H3,(H,25,28). The largest absolute Gasteiger partial charge is 0.306 e. The lowest BCUT2D eigenvalue weighted by Crippen LogP contribution is -2.15. The molecule has 0 radical (unpaired) electrons. The van der Waals surface area contributed by atoms with E-state index < -0.39 is 0 Å². The Morgan fingerprint density at radius 1 is 0.929 bits per heavy atom. The first kappa shape index (κ1) is 18.0. The number of carbonyl (C=O) groups excluding carboxylic acids is 1. The molecule has 138 valence electrons. The Labute approximate surface area is 168 Å². The molecule has 1 aromatic heterocycles. The molecule has 0 unspecified atom stereocenters. The second-order valence-electron chi connectivity index (χ2n) is 6.46. The van der Waals surface area contributed by atoms with Crippen molar-refractivity contribution in [2.24, 2.45) is 0 Å². The highest BCUT2D eigenvalue weighted by atomic mass is 35.5. The first-order valence-electron chi connectivity index (χ1n) is 8.90. The number of rotatable bonds is 4. The van der Waals surface area contributed by atoms with Crippen molar-refractivity contribution in [1.29, 1.82) is 0 Å². The van der Waals surface area contributed by atoms with E-state index in [-0.39, 0.29) is 5.91 Å². The van der Waals surface area contributed by atoms with Crippen LogP contribution in [0.3, 0.4) is 0 Å². The summed E-state index contributed by atoms with van der Waals surface area (Å²) in [4.78, 5) is 12.7. The summed E-state index contributed by atoms with van der Waals surface area (Å²) >= 11 is 6.35. The van der Waals surface area contributed by atoms with Gasteiger partial charge in [0.05, 0.1) is 16.4 Å². The maximum Gasteiger partial charge on any atom is 0.256 e. The van der Waals surface area contributed by atoms with E-state index in [0.717, 1.165) is 16.8 Å². The average molecular weight is 388 g/mol. The Morgan fingerprint density at radius 3 is 2.32 bits per heavy atom. The molecule has 5 heteroatoms. The lowest BCUT2D eigenvalue weighted by molar-refractivity contribution is 0.102. The molecule has 0 aliphatic carbocycles. The van der Waals surface area contributed by atoms with E-state index in [1.54, 1.807) is 4.68 Å². The molecular weight excluding hydrogens is 370 g/mol. The number of nitrogens with one attached hydrogen (secondary N) is 1. The molecule has 1 amide bonds. The van der Waals surface area contributed by atoms with Gasteiger partial charge in [-0.25, -0.2) is 4.68 Å². The van der Waals surface area contributed by atoms with Crippen LogP contribution in [-0.2, 0) is 0 Å². The van der Waals surface area contributed by atoms with Crippen molar-refractivity contribution in [3.8, 4) is 16.9 Å². The van der Waals surface area contributed by atoms with Crippen LogP contribution in [0.25, 0.3) is 16.9 Å². The Morgan fingerprint density at radius 2 is 1.61 bits per heavy atom. The lowest BCUT2D eigenvalue weighted by Gasteiger charge is -2.09. The van der Waals surface area contributed by atoms with Crippen molar-refractivity contribution in [3.63, 3.8) is 0 Å². The van der Waals surface area contributed by atoms with Crippen LogP contribution in [0.4, 0.5) is 5.82 Å². The zero-order valence-electron chi connectivity index (χ0n) is 15.3. The fraction of sp³-hybridized carbons (Fsp3) is 0.0435. The van der Waals surface area contributed by atoms with E-state index in [1.165, 1.54) is 0 Å². The summed E-state index contributed by atoms with van der Waals surface area (Å²) in [5.41, 5.74) is 4.04. The number of nitrogens with zero attached hydrogens (tertiary/aromatic N) is 2. The molecule has 4 nitrogen and oxygen atoms in total. The minimum absolute atomic E-state index is 0.192. The minimum Gasteiger partial charge on any atom is -0.306 e. The highest BCUT2D eigenvalue weighted by Gasteiger charge is 2.16. The van der Waals surface area contributed by atoms with Gasteiger partial charge >= 0.3 is 0 Å². The summed E-state index contributed by atoms with van der Waals surface area (Å²) in [5.74, 6) is 0.384. The van der Waals surface area contributed by atoms with Crippen LogP contribution in [0.1, 0.15) is 15.9 Å². The molecular formula is C23H18ClN3O. The molecule has 0 bridgehead atoms. The zero-order chi connectivity index (χ0) is 19.5. The molecule has 1 heterocycles. The van der Waals surface area contributed by atoms with E-state index in [0.29, 0.717) is 22.1 Å². The van der Waals surface area contributed by atoms with Crippen LogP contribution in [0.2, 0.25) is 5.02 Å². The van der Waals surface area contributed by atoms with Crippen molar-refractivity contribution in [1.82, 2.24) is 9.78 Å². The topological polar surface area (TPSA) is 46.9 Å². The van der Waals surface area contributed by atoms with Gasteiger partial charge in [-0.15, -0.1) is 0 Å². The van der Waals surface area contributed by atoms with Crippen LogP contribution in [0, 0.1) is 6.92 Å². The van der Waals surface area contributed by atoms with Gasteiger partial charge in [-0.2, -0.15) is 5.10 Å². The van der Waals surface area contributed by atoms with Crippen LogP contribution < -0.4 is 5.32 Å². The number of amides is 1. The van der Waals surface area contributed by atoms with Crippen molar-refractivity contribution < 1.29 is 4.79 Å². The second kappa shape index (κ2) is 7.71. The number of aryl methyl sites for hydroxylation is 1. The van der Waals surface area contributed by atoms with E-state index in [9.17, 15) is 4.79 Å². The Balaban J connectivity index is 1.75. The van der Waals surface area contributed by atoms with Gasteiger partial charge in [0.25, 0.3) is 5.91 Å². The van der Waals surface area contributed by atoms with Crippen molar-refractivity contribution >= 4 is 23.3 Å². The van der Waals surface area contributed by atoms with E-state index in [2.05, 4.69) is 10.4 Å². The number of anilines is 1. The Bertz CT molecular complexity index is 1120. The molecule has 3 aromatic carbocycles. The quantitative estimate of drug-likeness (QED) is 0.484. The zero-order valence-corrected chi connectivity index (χ0v) is 16.0. The summed E-state index contributed by atoms with van der Waals surface area (Å²) in [7, 11) is 0. The summed E-state index contributed by atoms with van der Waals surface area (Å²) in [6.07, 6.45) is 0. The molecule has 28 heavy (non-hydrogen) atoms. The van der Waals surface area contributed by atoms with Crippen molar-refractivity contribution in [3.05, 3.63) is 101 Å². The monoisotopic (exact) mass is 387 g/mol. The summed E-state index contributed by atoms with van der Waals surface area (Å²) in [6.45, 7) is 1.99. The van der Waals surface area contributed by atoms with Crippen LogP contribution in [0.5, 0.6) is 0 Å². The van der Waals surface area contributed by atoms with Crippen LogP contribution >= 0.6 is 11.6 Å². The number of aromatic nitrogens is 2. The van der Waals surface area contributed by atoms with Gasteiger partial charge in [0.1, 0.15) is 5.82 Å². The van der Waals surface area contributed by atoms with Gasteiger partial charge in [0.15, 0.2) is 0 Å². The molecule has 4 aromatic rings. The molecule has 4 rings (SSSR count). The first-order chi connectivity index (χ1) is 13.6. The van der Waals surface area contributed by atoms with Gasteiger partial charge < -0.3 is 5.32 Å². The molecule has 0 aliphatic heterocycles. The fourth-order valence-electron chi connectivity index (χ4n) is 2.93. The number of para-hydroxylation sites is 1. The van der Waals surface area contributed by atoms with Gasteiger partial charge in [0.2, 0.25) is 0 Å². The third kappa shape index (κ3) is 3.68. The molecule has 0 saturated carbocycles. The SMILES string of the molecule is Cc1ccc(C(=O)Nc2cc(-c3ccccc3Cl)nn2-c2ccccc2)cc1. The lowest BCUT2D eigenvalue weighted by atomic mass is 10.1. The van der Waals surface area contributed by atoms with Gasteiger partial charge in [-0.1, -0.05) is 65.7 Å². The van der Waals surface area contributed by atoms with E-state index in [4.69, 9.17) is 11.6 Å². The van der Waals surface area contributed by atoms with E-state index >= 15 is 0 Å². The van der Waals surface area contributed by atoms with Gasteiger partial charge in [-0.05, 0) is 37.3 Å². The third-order valence-electron chi connectivity index (χ3n) is 4.42. The Kier molecular flexibility index (Phi) is 4.96. The number of halogens is 1. The highest BCUT2D eigenvalue weighted by molar-refractivity contribution is 6.33. The third-order valence-corrected chi connectivity index (χ3v) is 4.74. The molecule has 0 spiro atoms. The Hall–Kier alpha value is -3.37. The minimum atomic E-state index is -0.192. The summed E-state index contributed by atoms with van der Waals surface area (Å²) in [5, 5.41) is 8.27. The fourth-order valence-corrected chi connectivity index (χ4v) is 3.16. The number of hydrogen-bond donors (Lipinski definition) is 1. The van der Waals surface area contributed by atoms with Gasteiger partial charge in [-0.3, -0.25) is 4.79 Å². The molecule has 0 fully saturated rings. The highest BCUT2D eigenvalue weighted by Crippen LogP contribution is 2.30. The molecule has 0 aliphatic rings. The maximum atomic E-state index is 12.7. The maximum absolute atomic E-state index is 12.7. The summed E-state index contributed by atoms with van der Waals surface area (Å²) < 4.78 is 1.71. The van der Waals surface area contributed by atoms with Crippen LogP contribution in [0.15, 0.2) is 84.9 Å². The normalized spacial score (nSPS) is 10.6. The van der Waals surface area contributed by atoms with Crippen molar-refractivity contribution in [2.45, 2.75) is 6.92 Å². The smallest absolute Gasteiger partial charge is 0.256 e. The number of hydrogen-bond acceptors (Lipinski definition) is 2. The number of benzene rings is 3.